The predicted molar refractivity (Wildman–Crippen MR) is 88.8 cm³/mol. The second-order valence-corrected chi connectivity index (χ2v) is 7.75. The SMILES string of the molecule is CC(C)c1cc(C(F)(F)C(F)(F)C(F)(F)C(F)(F)C(F)(F)C(F)(F)F)cc(C(C)C)c1N. The summed E-state index contributed by atoms with van der Waals surface area (Å²) in [7, 11) is 0. The molecule has 0 aliphatic rings. The largest absolute Gasteiger partial charge is 0.460 e. The van der Waals surface area contributed by atoms with Crippen molar-refractivity contribution in [2.45, 2.75) is 75.3 Å². The molecule has 0 aromatic heterocycles. The van der Waals surface area contributed by atoms with Gasteiger partial charge in [0.25, 0.3) is 0 Å². The fourth-order valence-electron chi connectivity index (χ4n) is 2.79. The standard InChI is InChI=1S/C18H18F13N/c1-7(2)10-5-9(6-11(8(3)4)12(10)32)13(19,20)14(21,22)15(23,24)16(25,26)17(27,28)18(29,30)31/h5-8H,32H2,1-4H3. The second kappa shape index (κ2) is 7.86. The third-order valence-electron chi connectivity index (χ3n) is 4.78. The highest BCUT2D eigenvalue weighted by atomic mass is 19.4. The molecular formula is C18H18F13N. The average molecular weight is 495 g/mol. The molecule has 0 heterocycles. The number of benzene rings is 1. The minimum absolute atomic E-state index is 0.190. The zero-order valence-electron chi connectivity index (χ0n) is 16.8. The van der Waals surface area contributed by atoms with E-state index in [1.165, 1.54) is 27.7 Å². The van der Waals surface area contributed by atoms with Crippen LogP contribution >= 0.6 is 0 Å². The van der Waals surface area contributed by atoms with E-state index >= 15 is 0 Å². The average Bonchev–Trinajstić information content (AvgIpc) is 2.59. The van der Waals surface area contributed by atoms with Gasteiger partial charge in [0.15, 0.2) is 0 Å². The molecule has 0 aliphatic heterocycles. The molecule has 32 heavy (non-hydrogen) atoms. The van der Waals surface area contributed by atoms with Gasteiger partial charge in [-0.2, -0.15) is 57.1 Å². The lowest BCUT2D eigenvalue weighted by atomic mass is 9.85. The van der Waals surface area contributed by atoms with Gasteiger partial charge in [0, 0.05) is 11.3 Å². The van der Waals surface area contributed by atoms with Gasteiger partial charge in [-0.1, -0.05) is 27.7 Å². The molecule has 0 radical (unpaired) electrons. The maximum Gasteiger partial charge on any atom is 0.460 e. The molecule has 0 saturated carbocycles. The number of hydrogen-bond donors (Lipinski definition) is 1. The van der Waals surface area contributed by atoms with E-state index in [-0.39, 0.29) is 28.9 Å². The molecule has 0 atom stereocenters. The van der Waals surface area contributed by atoms with Crippen LogP contribution < -0.4 is 5.73 Å². The number of nitrogen functional groups attached to an aromatic ring is 1. The normalized spacial score (nSPS) is 15.1. The van der Waals surface area contributed by atoms with Crippen LogP contribution in [0.3, 0.4) is 0 Å². The van der Waals surface area contributed by atoms with Crippen molar-refractivity contribution in [1.82, 2.24) is 0 Å². The zero-order chi connectivity index (χ0) is 25.9. The van der Waals surface area contributed by atoms with Gasteiger partial charge >= 0.3 is 35.8 Å². The van der Waals surface area contributed by atoms with E-state index in [1.807, 2.05) is 0 Å². The lowest BCUT2D eigenvalue weighted by Crippen LogP contribution is -2.69. The van der Waals surface area contributed by atoms with Crippen LogP contribution in [0.15, 0.2) is 12.1 Å². The van der Waals surface area contributed by atoms with Crippen molar-refractivity contribution in [3.05, 3.63) is 28.8 Å². The Morgan fingerprint density at radius 2 is 0.875 bits per heavy atom. The van der Waals surface area contributed by atoms with Crippen molar-refractivity contribution in [2.75, 3.05) is 5.73 Å². The van der Waals surface area contributed by atoms with E-state index in [4.69, 9.17) is 5.73 Å². The van der Waals surface area contributed by atoms with E-state index in [0.29, 0.717) is 0 Å². The summed E-state index contributed by atoms with van der Waals surface area (Å²) in [6.07, 6.45) is -7.44. The number of alkyl halides is 13. The molecule has 0 bridgehead atoms. The summed E-state index contributed by atoms with van der Waals surface area (Å²) in [6, 6.07) is 0.381. The molecule has 1 aromatic rings. The molecule has 0 spiro atoms. The first-order chi connectivity index (χ1) is 13.9. The van der Waals surface area contributed by atoms with Crippen molar-refractivity contribution in [2.24, 2.45) is 0 Å². The Kier molecular flexibility index (Phi) is 6.91. The second-order valence-electron chi connectivity index (χ2n) is 7.75. The first kappa shape index (κ1) is 28.1. The van der Waals surface area contributed by atoms with E-state index in [0.717, 1.165) is 0 Å². The van der Waals surface area contributed by atoms with Gasteiger partial charge in [0.05, 0.1) is 0 Å². The molecule has 1 aromatic carbocycles. The van der Waals surface area contributed by atoms with E-state index in [2.05, 4.69) is 0 Å². The van der Waals surface area contributed by atoms with Gasteiger partial charge in [0.1, 0.15) is 0 Å². The van der Waals surface area contributed by atoms with Gasteiger partial charge in [-0.05, 0) is 35.1 Å². The Morgan fingerprint density at radius 3 is 1.16 bits per heavy atom. The van der Waals surface area contributed by atoms with Gasteiger partial charge < -0.3 is 5.73 Å². The molecule has 0 saturated heterocycles. The summed E-state index contributed by atoms with van der Waals surface area (Å²) in [6.45, 7) is 5.34. The number of nitrogens with two attached hydrogens (primary N) is 1. The third kappa shape index (κ3) is 3.87. The number of hydrogen-bond acceptors (Lipinski definition) is 1. The summed E-state index contributed by atoms with van der Waals surface area (Å²) in [5, 5.41) is 0. The fraction of sp³-hybridized carbons (Fsp3) is 0.667. The minimum Gasteiger partial charge on any atom is -0.398 e. The van der Waals surface area contributed by atoms with Gasteiger partial charge in [0.2, 0.25) is 0 Å². The lowest BCUT2D eigenvalue weighted by molar-refractivity contribution is -0.441. The Morgan fingerprint density at radius 1 is 0.562 bits per heavy atom. The molecular weight excluding hydrogens is 477 g/mol. The van der Waals surface area contributed by atoms with Crippen LogP contribution in [-0.2, 0) is 5.92 Å². The van der Waals surface area contributed by atoms with Crippen molar-refractivity contribution >= 4 is 5.69 Å². The zero-order valence-corrected chi connectivity index (χ0v) is 16.8. The van der Waals surface area contributed by atoms with E-state index in [1.54, 1.807) is 0 Å². The van der Waals surface area contributed by atoms with Crippen molar-refractivity contribution in [3.8, 4) is 0 Å². The Labute approximate surface area is 173 Å². The monoisotopic (exact) mass is 495 g/mol. The Bertz CT molecular complexity index is 809. The van der Waals surface area contributed by atoms with Gasteiger partial charge in [-0.3, -0.25) is 0 Å². The highest BCUT2D eigenvalue weighted by molar-refractivity contribution is 5.59. The summed E-state index contributed by atoms with van der Waals surface area (Å²) in [5.74, 6) is -38.7. The van der Waals surface area contributed by atoms with Crippen LogP contribution in [0.1, 0.15) is 56.2 Å². The Hall–Kier alpha value is -1.89. The lowest BCUT2D eigenvalue weighted by Gasteiger charge is -2.40. The predicted octanol–water partition coefficient (Wildman–Crippen LogP) is 7.71. The molecule has 1 rings (SSSR count). The van der Waals surface area contributed by atoms with Crippen LogP contribution in [0.4, 0.5) is 62.8 Å². The smallest absolute Gasteiger partial charge is 0.398 e. The maximum atomic E-state index is 14.5. The number of halogens is 13. The molecule has 0 amide bonds. The minimum atomic E-state index is -7.93. The Balaban J connectivity index is 3.83. The molecule has 0 fully saturated rings. The molecule has 186 valence electrons. The fourth-order valence-corrected chi connectivity index (χ4v) is 2.79. The summed E-state index contributed by atoms with van der Waals surface area (Å²) < 4.78 is 174. The highest BCUT2D eigenvalue weighted by Gasteiger charge is 2.90. The molecule has 0 aliphatic carbocycles. The highest BCUT2D eigenvalue weighted by Crippen LogP contribution is 2.62. The summed E-state index contributed by atoms with van der Waals surface area (Å²) in [4.78, 5) is 0. The number of anilines is 1. The van der Waals surface area contributed by atoms with Crippen LogP contribution in [0.25, 0.3) is 0 Å². The first-order valence-corrected chi connectivity index (χ1v) is 8.79. The molecule has 14 heteroatoms. The molecule has 1 nitrogen and oxygen atoms in total. The van der Waals surface area contributed by atoms with Gasteiger partial charge in [-0.15, -0.1) is 0 Å². The quantitative estimate of drug-likeness (QED) is 0.304. The van der Waals surface area contributed by atoms with Gasteiger partial charge in [-0.25, -0.2) is 0 Å². The van der Waals surface area contributed by atoms with Crippen molar-refractivity contribution < 1.29 is 57.1 Å². The van der Waals surface area contributed by atoms with E-state index in [9.17, 15) is 57.1 Å². The summed E-state index contributed by atoms with van der Waals surface area (Å²) in [5.41, 5.74) is 2.98. The first-order valence-electron chi connectivity index (χ1n) is 8.79. The van der Waals surface area contributed by atoms with E-state index < -0.39 is 53.2 Å². The van der Waals surface area contributed by atoms with Crippen LogP contribution in [0.2, 0.25) is 0 Å². The topological polar surface area (TPSA) is 26.0 Å². The van der Waals surface area contributed by atoms with Crippen LogP contribution in [-0.4, -0.2) is 29.9 Å². The van der Waals surface area contributed by atoms with Crippen LogP contribution in [0.5, 0.6) is 0 Å². The summed E-state index contributed by atoms with van der Waals surface area (Å²) >= 11 is 0. The molecule has 0 unspecified atom stereocenters. The maximum absolute atomic E-state index is 14.5. The van der Waals surface area contributed by atoms with Crippen molar-refractivity contribution in [1.29, 1.82) is 0 Å². The van der Waals surface area contributed by atoms with Crippen LogP contribution in [0, 0.1) is 0 Å². The number of rotatable bonds is 7. The third-order valence-corrected chi connectivity index (χ3v) is 4.78. The molecule has 2 N–H and O–H groups in total. The van der Waals surface area contributed by atoms with Crippen molar-refractivity contribution in [3.63, 3.8) is 0 Å².